The van der Waals surface area contributed by atoms with Crippen LogP contribution in [0.1, 0.15) is 12.0 Å². The summed E-state index contributed by atoms with van der Waals surface area (Å²) in [6, 6.07) is 8.14. The second-order valence-corrected chi connectivity index (χ2v) is 5.50. The highest BCUT2D eigenvalue weighted by Crippen LogP contribution is 2.22. The monoisotopic (exact) mass is 301 g/mol. The van der Waals surface area contributed by atoms with Gasteiger partial charge in [0.25, 0.3) is 0 Å². The van der Waals surface area contributed by atoms with Gasteiger partial charge in [-0.05, 0) is 49.2 Å². The van der Waals surface area contributed by atoms with Crippen LogP contribution in [0, 0.1) is 0 Å². The minimum atomic E-state index is 0.859. The summed E-state index contributed by atoms with van der Waals surface area (Å²) >= 11 is 0. The average molecular weight is 301 g/mol. The van der Waals surface area contributed by atoms with Gasteiger partial charge in [-0.1, -0.05) is 0 Å². The molecule has 3 rings (SSSR count). The Balaban J connectivity index is 1.67. The molecule has 2 aromatic rings. The van der Waals surface area contributed by atoms with E-state index in [1.165, 1.54) is 5.56 Å². The Bertz CT molecular complexity index is 578. The van der Waals surface area contributed by atoms with Crippen molar-refractivity contribution in [3.63, 3.8) is 0 Å². The summed E-state index contributed by atoms with van der Waals surface area (Å²) in [6.07, 6.45) is 5.93. The Morgan fingerprint density at radius 3 is 2.86 bits per heavy atom. The Morgan fingerprint density at radius 1 is 1.27 bits per heavy atom. The molecule has 0 unspecified atom stereocenters. The minimum Gasteiger partial charge on any atom is -0.497 e. The minimum absolute atomic E-state index is 0.859. The van der Waals surface area contributed by atoms with E-state index in [-0.39, 0.29) is 0 Å². The highest BCUT2D eigenvalue weighted by atomic mass is 16.5. The predicted octanol–water partition coefficient (Wildman–Crippen LogP) is 2.15. The van der Waals surface area contributed by atoms with E-state index in [1.807, 2.05) is 29.2 Å². The van der Waals surface area contributed by atoms with Crippen LogP contribution in [0.3, 0.4) is 0 Å². The Kier molecular flexibility index (Phi) is 5.08. The molecule has 1 aromatic heterocycles. The fourth-order valence-corrected chi connectivity index (χ4v) is 2.84. The zero-order chi connectivity index (χ0) is 15.2. The van der Waals surface area contributed by atoms with E-state index in [1.54, 1.807) is 7.11 Å². The van der Waals surface area contributed by atoms with Crippen molar-refractivity contribution in [3.8, 4) is 11.4 Å². The third-order valence-electron chi connectivity index (χ3n) is 4.06. The van der Waals surface area contributed by atoms with Crippen molar-refractivity contribution in [2.24, 2.45) is 0 Å². The number of morpholine rings is 1. The maximum atomic E-state index is 5.39. The molecular formula is C17H23N3O2. The molecule has 0 N–H and O–H groups in total. The molecule has 5 nitrogen and oxygen atoms in total. The zero-order valence-corrected chi connectivity index (χ0v) is 13.1. The normalized spacial score (nSPS) is 15.9. The Morgan fingerprint density at radius 2 is 2.14 bits per heavy atom. The number of hydrogen-bond donors (Lipinski definition) is 0. The van der Waals surface area contributed by atoms with Gasteiger partial charge in [0.05, 0.1) is 26.0 Å². The van der Waals surface area contributed by atoms with Crippen LogP contribution in [0.4, 0.5) is 0 Å². The number of aryl methyl sites for hydroxylation is 1. The lowest BCUT2D eigenvalue weighted by atomic mass is 10.1. The molecule has 118 valence electrons. The van der Waals surface area contributed by atoms with E-state index in [2.05, 4.69) is 22.1 Å². The molecule has 0 radical (unpaired) electrons. The summed E-state index contributed by atoms with van der Waals surface area (Å²) in [5.74, 6) is 0.900. The molecular weight excluding hydrogens is 278 g/mol. The maximum absolute atomic E-state index is 5.39. The van der Waals surface area contributed by atoms with E-state index in [0.717, 1.165) is 57.1 Å². The van der Waals surface area contributed by atoms with Crippen LogP contribution >= 0.6 is 0 Å². The van der Waals surface area contributed by atoms with Crippen molar-refractivity contribution in [2.45, 2.75) is 12.8 Å². The van der Waals surface area contributed by atoms with E-state index in [9.17, 15) is 0 Å². The Hall–Kier alpha value is -1.85. The second-order valence-electron chi connectivity index (χ2n) is 5.50. The van der Waals surface area contributed by atoms with Gasteiger partial charge in [-0.25, -0.2) is 4.68 Å². The molecule has 1 aromatic carbocycles. The van der Waals surface area contributed by atoms with Crippen molar-refractivity contribution in [3.05, 3.63) is 42.2 Å². The first-order chi connectivity index (χ1) is 10.9. The van der Waals surface area contributed by atoms with E-state index in [0.29, 0.717) is 0 Å². The molecule has 2 heterocycles. The molecule has 0 saturated carbocycles. The van der Waals surface area contributed by atoms with Crippen molar-refractivity contribution in [1.29, 1.82) is 0 Å². The van der Waals surface area contributed by atoms with Gasteiger partial charge in [-0.3, -0.25) is 4.90 Å². The van der Waals surface area contributed by atoms with Crippen molar-refractivity contribution < 1.29 is 9.47 Å². The van der Waals surface area contributed by atoms with Gasteiger partial charge in [0, 0.05) is 25.5 Å². The van der Waals surface area contributed by atoms with Gasteiger partial charge in [0.15, 0.2) is 0 Å². The molecule has 0 spiro atoms. The van der Waals surface area contributed by atoms with Gasteiger partial charge in [0.2, 0.25) is 0 Å². The first kappa shape index (κ1) is 15.1. The zero-order valence-electron chi connectivity index (χ0n) is 13.1. The van der Waals surface area contributed by atoms with Crippen LogP contribution in [0.5, 0.6) is 5.75 Å². The number of benzene rings is 1. The second kappa shape index (κ2) is 7.42. The Labute approximate surface area is 131 Å². The van der Waals surface area contributed by atoms with Crippen molar-refractivity contribution in [1.82, 2.24) is 14.7 Å². The fraction of sp³-hybridized carbons (Fsp3) is 0.471. The fourth-order valence-electron chi connectivity index (χ4n) is 2.84. The van der Waals surface area contributed by atoms with Crippen molar-refractivity contribution >= 4 is 0 Å². The highest BCUT2D eigenvalue weighted by Gasteiger charge is 2.11. The number of hydrogen-bond acceptors (Lipinski definition) is 4. The van der Waals surface area contributed by atoms with Gasteiger partial charge in [-0.2, -0.15) is 5.10 Å². The third-order valence-corrected chi connectivity index (χ3v) is 4.06. The number of aromatic nitrogens is 2. The van der Waals surface area contributed by atoms with Crippen LogP contribution in [0.25, 0.3) is 5.69 Å². The summed E-state index contributed by atoms with van der Waals surface area (Å²) in [5.41, 5.74) is 2.41. The topological polar surface area (TPSA) is 39.5 Å². The van der Waals surface area contributed by atoms with Crippen LogP contribution in [-0.2, 0) is 11.2 Å². The van der Waals surface area contributed by atoms with Crippen LogP contribution in [0.15, 0.2) is 36.7 Å². The molecule has 1 aliphatic heterocycles. The number of nitrogens with zero attached hydrogens (tertiary/aromatic N) is 3. The first-order valence-electron chi connectivity index (χ1n) is 7.84. The molecule has 1 fully saturated rings. The van der Waals surface area contributed by atoms with E-state index in [4.69, 9.17) is 9.47 Å². The van der Waals surface area contributed by atoms with E-state index < -0.39 is 0 Å². The summed E-state index contributed by atoms with van der Waals surface area (Å²) < 4.78 is 12.7. The molecule has 0 amide bonds. The van der Waals surface area contributed by atoms with Crippen LogP contribution < -0.4 is 4.74 Å². The smallest absolute Gasteiger partial charge is 0.119 e. The molecule has 0 bridgehead atoms. The molecule has 5 heteroatoms. The van der Waals surface area contributed by atoms with Gasteiger partial charge >= 0.3 is 0 Å². The SMILES string of the molecule is COc1ccc(-n2cccn2)c(CCCN2CCOCC2)c1. The maximum Gasteiger partial charge on any atom is 0.119 e. The lowest BCUT2D eigenvalue weighted by Gasteiger charge is -2.26. The predicted molar refractivity (Wildman–Crippen MR) is 85.7 cm³/mol. The van der Waals surface area contributed by atoms with Gasteiger partial charge in [-0.15, -0.1) is 0 Å². The summed E-state index contributed by atoms with van der Waals surface area (Å²) in [7, 11) is 1.71. The van der Waals surface area contributed by atoms with Crippen molar-refractivity contribution in [2.75, 3.05) is 40.0 Å². The molecule has 22 heavy (non-hydrogen) atoms. The summed E-state index contributed by atoms with van der Waals surface area (Å²) in [5, 5.41) is 4.35. The lowest BCUT2D eigenvalue weighted by molar-refractivity contribution is 0.0374. The molecule has 1 aliphatic rings. The van der Waals surface area contributed by atoms with Gasteiger partial charge in [0.1, 0.15) is 5.75 Å². The number of methoxy groups -OCH3 is 1. The first-order valence-corrected chi connectivity index (χ1v) is 7.84. The molecule has 0 atom stereocenters. The molecule has 0 aliphatic carbocycles. The third kappa shape index (κ3) is 3.67. The largest absolute Gasteiger partial charge is 0.497 e. The standard InChI is InChI=1S/C17H23N3O2/c1-21-16-5-6-17(20-9-3-7-18-20)15(14-16)4-2-8-19-10-12-22-13-11-19/h3,5-7,9,14H,2,4,8,10-13H2,1H3. The van der Waals surface area contributed by atoms with Gasteiger partial charge < -0.3 is 9.47 Å². The summed E-state index contributed by atoms with van der Waals surface area (Å²) in [6.45, 7) is 4.92. The van der Waals surface area contributed by atoms with Crippen LogP contribution in [-0.4, -0.2) is 54.6 Å². The quantitative estimate of drug-likeness (QED) is 0.819. The number of ether oxygens (including phenoxy) is 2. The highest BCUT2D eigenvalue weighted by molar-refractivity contribution is 5.45. The lowest BCUT2D eigenvalue weighted by Crippen LogP contribution is -2.36. The molecule has 1 saturated heterocycles. The average Bonchev–Trinajstić information content (AvgIpc) is 3.10. The number of rotatable bonds is 6. The van der Waals surface area contributed by atoms with Crippen LogP contribution in [0.2, 0.25) is 0 Å². The summed E-state index contributed by atoms with van der Waals surface area (Å²) in [4.78, 5) is 2.47. The van der Waals surface area contributed by atoms with E-state index >= 15 is 0 Å².